The zero-order valence-corrected chi connectivity index (χ0v) is 15.6. The number of nitrogens with zero attached hydrogens (tertiary/aromatic N) is 1. The van der Waals surface area contributed by atoms with Gasteiger partial charge < -0.3 is 15.3 Å². The van der Waals surface area contributed by atoms with Gasteiger partial charge in [-0.3, -0.25) is 4.79 Å². The molecule has 4 nitrogen and oxygen atoms in total. The molecule has 2 N–H and O–H groups in total. The number of nitrogens with one attached hydrogen (secondary N) is 1. The molecular formula is C18H25ClN2O2S. The van der Waals surface area contributed by atoms with E-state index in [2.05, 4.69) is 5.32 Å². The molecule has 0 aliphatic rings. The van der Waals surface area contributed by atoms with Crippen molar-refractivity contribution in [3.05, 3.63) is 58.3 Å². The molecule has 0 spiro atoms. The van der Waals surface area contributed by atoms with Crippen molar-refractivity contribution < 1.29 is 9.90 Å². The normalized spacial score (nSPS) is 13.0. The SMILES string of the molecule is CNCC(C)C(=O)N(Cc1ccccc1)CC(O)c1ccsc1.Cl. The van der Waals surface area contributed by atoms with Crippen LogP contribution in [0.5, 0.6) is 0 Å². The Kier molecular flexibility index (Phi) is 9.00. The van der Waals surface area contributed by atoms with Crippen LogP contribution in [0, 0.1) is 5.92 Å². The summed E-state index contributed by atoms with van der Waals surface area (Å²) in [6.07, 6.45) is -0.657. The first kappa shape index (κ1) is 20.6. The molecule has 0 radical (unpaired) electrons. The molecule has 6 heteroatoms. The summed E-state index contributed by atoms with van der Waals surface area (Å²) in [7, 11) is 1.84. The molecule has 1 heterocycles. The fourth-order valence-electron chi connectivity index (χ4n) is 2.52. The van der Waals surface area contributed by atoms with Crippen molar-refractivity contribution in [2.24, 2.45) is 5.92 Å². The second-order valence-electron chi connectivity index (χ2n) is 5.74. The Balaban J connectivity index is 0.00000288. The molecule has 2 aromatic rings. The summed E-state index contributed by atoms with van der Waals surface area (Å²) in [5.41, 5.74) is 1.93. The zero-order chi connectivity index (χ0) is 16.7. The van der Waals surface area contributed by atoms with Crippen LogP contribution in [-0.4, -0.2) is 36.1 Å². The smallest absolute Gasteiger partial charge is 0.227 e. The van der Waals surface area contributed by atoms with Crippen LogP contribution in [0.1, 0.15) is 24.2 Å². The van der Waals surface area contributed by atoms with Gasteiger partial charge >= 0.3 is 0 Å². The Morgan fingerprint density at radius 2 is 2.00 bits per heavy atom. The molecule has 2 rings (SSSR count). The Hall–Kier alpha value is -1.40. The standard InChI is InChI=1S/C18H24N2O2S.ClH/c1-14(10-19-2)18(22)20(11-15-6-4-3-5-7-15)12-17(21)16-8-9-23-13-16;/h3-9,13-14,17,19,21H,10-12H2,1-2H3;1H. The Labute approximate surface area is 153 Å². The van der Waals surface area contributed by atoms with Crippen molar-refractivity contribution in [3.8, 4) is 0 Å². The maximum atomic E-state index is 12.7. The van der Waals surface area contributed by atoms with E-state index in [0.29, 0.717) is 19.6 Å². The van der Waals surface area contributed by atoms with Gasteiger partial charge in [-0.2, -0.15) is 11.3 Å². The summed E-state index contributed by atoms with van der Waals surface area (Å²) in [6.45, 7) is 3.35. The summed E-state index contributed by atoms with van der Waals surface area (Å²) >= 11 is 1.55. The molecule has 0 saturated heterocycles. The number of hydrogen-bond donors (Lipinski definition) is 2. The second kappa shape index (κ2) is 10.5. The maximum absolute atomic E-state index is 12.7. The highest BCUT2D eigenvalue weighted by atomic mass is 35.5. The minimum absolute atomic E-state index is 0. The topological polar surface area (TPSA) is 52.6 Å². The van der Waals surface area contributed by atoms with Crippen molar-refractivity contribution in [1.29, 1.82) is 0 Å². The van der Waals surface area contributed by atoms with E-state index in [1.54, 1.807) is 16.2 Å². The third-order valence-electron chi connectivity index (χ3n) is 3.78. The van der Waals surface area contributed by atoms with E-state index < -0.39 is 6.10 Å². The van der Waals surface area contributed by atoms with Gasteiger partial charge in [-0.1, -0.05) is 37.3 Å². The average molecular weight is 369 g/mol. The third kappa shape index (κ3) is 5.91. The number of hydrogen-bond acceptors (Lipinski definition) is 4. The van der Waals surface area contributed by atoms with E-state index in [9.17, 15) is 9.90 Å². The lowest BCUT2D eigenvalue weighted by molar-refractivity contribution is -0.137. The molecule has 2 atom stereocenters. The van der Waals surface area contributed by atoms with Crippen molar-refractivity contribution in [3.63, 3.8) is 0 Å². The van der Waals surface area contributed by atoms with Gasteiger partial charge in [0, 0.05) is 19.0 Å². The van der Waals surface area contributed by atoms with Crippen LogP contribution in [0.15, 0.2) is 47.2 Å². The van der Waals surface area contributed by atoms with E-state index in [1.165, 1.54) is 0 Å². The fraction of sp³-hybridized carbons (Fsp3) is 0.389. The lowest BCUT2D eigenvalue weighted by Crippen LogP contribution is -2.40. The zero-order valence-electron chi connectivity index (χ0n) is 14.0. The second-order valence-corrected chi connectivity index (χ2v) is 6.52. The number of aliphatic hydroxyl groups excluding tert-OH is 1. The molecule has 24 heavy (non-hydrogen) atoms. The quantitative estimate of drug-likeness (QED) is 0.752. The highest BCUT2D eigenvalue weighted by molar-refractivity contribution is 7.07. The molecule has 0 fully saturated rings. The molecule has 0 aliphatic carbocycles. The first-order chi connectivity index (χ1) is 11.1. The van der Waals surface area contributed by atoms with E-state index in [-0.39, 0.29) is 24.2 Å². The molecule has 0 bridgehead atoms. The molecule has 2 unspecified atom stereocenters. The predicted octanol–water partition coefficient (Wildman–Crippen LogP) is 3.09. The lowest BCUT2D eigenvalue weighted by Gasteiger charge is -2.28. The molecule has 1 aromatic heterocycles. The molecule has 0 saturated carbocycles. The van der Waals surface area contributed by atoms with E-state index in [1.807, 2.05) is 61.1 Å². The van der Waals surface area contributed by atoms with Crippen LogP contribution in [0.25, 0.3) is 0 Å². The van der Waals surface area contributed by atoms with Crippen LogP contribution < -0.4 is 5.32 Å². The highest BCUT2D eigenvalue weighted by Gasteiger charge is 2.23. The minimum atomic E-state index is -0.657. The van der Waals surface area contributed by atoms with Crippen LogP contribution in [0.2, 0.25) is 0 Å². The predicted molar refractivity (Wildman–Crippen MR) is 101 cm³/mol. The Morgan fingerprint density at radius 3 is 2.58 bits per heavy atom. The number of halogens is 1. The van der Waals surface area contributed by atoms with Crippen molar-refractivity contribution in [2.45, 2.75) is 19.6 Å². The molecule has 1 aromatic carbocycles. The summed E-state index contributed by atoms with van der Waals surface area (Å²) in [5.74, 6) is -0.0733. The molecular weight excluding hydrogens is 344 g/mol. The van der Waals surface area contributed by atoms with Crippen LogP contribution in [0.4, 0.5) is 0 Å². The van der Waals surface area contributed by atoms with Gasteiger partial charge in [0.1, 0.15) is 0 Å². The third-order valence-corrected chi connectivity index (χ3v) is 4.48. The van der Waals surface area contributed by atoms with E-state index in [0.717, 1.165) is 11.1 Å². The van der Waals surface area contributed by atoms with Crippen LogP contribution in [-0.2, 0) is 11.3 Å². The number of rotatable bonds is 8. The number of thiophene rings is 1. The molecule has 0 aliphatic heterocycles. The number of carbonyl (C=O) groups is 1. The first-order valence-electron chi connectivity index (χ1n) is 7.79. The summed E-state index contributed by atoms with van der Waals surface area (Å²) < 4.78 is 0. The van der Waals surface area contributed by atoms with Crippen molar-refractivity contribution in [2.75, 3.05) is 20.1 Å². The van der Waals surface area contributed by atoms with Gasteiger partial charge in [0.2, 0.25) is 5.91 Å². The first-order valence-corrected chi connectivity index (χ1v) is 8.73. The van der Waals surface area contributed by atoms with Gasteiger partial charge in [-0.05, 0) is 35.0 Å². The fourth-order valence-corrected chi connectivity index (χ4v) is 3.23. The largest absolute Gasteiger partial charge is 0.387 e. The van der Waals surface area contributed by atoms with E-state index >= 15 is 0 Å². The minimum Gasteiger partial charge on any atom is -0.387 e. The van der Waals surface area contributed by atoms with Crippen LogP contribution >= 0.6 is 23.7 Å². The number of benzene rings is 1. The van der Waals surface area contributed by atoms with Gasteiger partial charge in [-0.25, -0.2) is 0 Å². The van der Waals surface area contributed by atoms with E-state index in [4.69, 9.17) is 0 Å². The highest BCUT2D eigenvalue weighted by Crippen LogP contribution is 2.19. The number of amides is 1. The average Bonchev–Trinajstić information content (AvgIpc) is 3.09. The Morgan fingerprint density at radius 1 is 1.29 bits per heavy atom. The van der Waals surface area contributed by atoms with Gasteiger partial charge in [-0.15, -0.1) is 12.4 Å². The summed E-state index contributed by atoms with van der Waals surface area (Å²) in [5, 5.41) is 17.3. The maximum Gasteiger partial charge on any atom is 0.227 e. The van der Waals surface area contributed by atoms with Crippen molar-refractivity contribution >= 4 is 29.7 Å². The number of aliphatic hydroxyl groups is 1. The lowest BCUT2D eigenvalue weighted by atomic mass is 10.1. The summed E-state index contributed by atoms with van der Waals surface area (Å²) in [4.78, 5) is 14.5. The summed E-state index contributed by atoms with van der Waals surface area (Å²) in [6, 6.07) is 11.8. The van der Waals surface area contributed by atoms with Crippen LogP contribution in [0.3, 0.4) is 0 Å². The van der Waals surface area contributed by atoms with Gasteiger partial charge in [0.25, 0.3) is 0 Å². The molecule has 1 amide bonds. The monoisotopic (exact) mass is 368 g/mol. The Bertz CT molecular complexity index is 592. The molecule has 132 valence electrons. The van der Waals surface area contributed by atoms with Gasteiger partial charge in [0.15, 0.2) is 0 Å². The van der Waals surface area contributed by atoms with Gasteiger partial charge in [0.05, 0.1) is 12.6 Å². The van der Waals surface area contributed by atoms with Crippen molar-refractivity contribution in [1.82, 2.24) is 10.2 Å². The number of carbonyl (C=O) groups excluding carboxylic acids is 1.